The first-order chi connectivity index (χ1) is 17.6. The first-order valence-corrected chi connectivity index (χ1v) is 12.9. The summed E-state index contributed by atoms with van der Waals surface area (Å²) in [6.45, 7) is 8.13. The molecule has 2 saturated heterocycles. The summed E-state index contributed by atoms with van der Waals surface area (Å²) < 4.78 is 5.55. The van der Waals surface area contributed by atoms with E-state index in [2.05, 4.69) is 39.5 Å². The fourth-order valence-electron chi connectivity index (χ4n) is 4.75. The highest BCUT2D eigenvalue weighted by molar-refractivity contribution is 5.89. The summed E-state index contributed by atoms with van der Waals surface area (Å²) in [6.07, 6.45) is 2.10. The van der Waals surface area contributed by atoms with Crippen molar-refractivity contribution in [3.8, 4) is 17.0 Å². The number of piperazine rings is 1. The van der Waals surface area contributed by atoms with E-state index in [0.29, 0.717) is 43.9 Å². The zero-order chi connectivity index (χ0) is 26.6. The number of methoxy groups -OCH3 is 1. The average molecular weight is 510 g/mol. The lowest BCUT2D eigenvalue weighted by molar-refractivity contribution is -0.137. The van der Waals surface area contributed by atoms with Crippen molar-refractivity contribution in [1.82, 2.24) is 19.7 Å². The van der Waals surface area contributed by atoms with Gasteiger partial charge in [-0.2, -0.15) is 4.98 Å². The van der Waals surface area contributed by atoms with Gasteiger partial charge in [0.2, 0.25) is 11.8 Å². The summed E-state index contributed by atoms with van der Waals surface area (Å²) in [5.41, 5.74) is 14.1. The predicted octanol–water partition coefficient (Wildman–Crippen LogP) is 2.09. The number of nitrogens with two attached hydrogens (primary N) is 2. The number of hydrogen-bond acceptors (Lipinski definition) is 7. The van der Waals surface area contributed by atoms with Crippen LogP contribution in [0.2, 0.25) is 0 Å². The standard InChI is InChI=1S/C27H39N7O3/c1-27(2,29)25(35)33-14-16-34(17-15-33)26(36)31-23-9-8-22(24(30-23)37-3)20-6-4-19(5-7-20)18-32-12-10-21(28)11-13-32/h4-9,21H,10-18,28-29H2,1-3H3,(H,30,31,36). The second-order valence-electron chi connectivity index (χ2n) is 10.5. The Balaban J connectivity index is 1.35. The number of carbonyl (C=O) groups excluding carboxylic acids is 2. The molecular formula is C27H39N7O3. The van der Waals surface area contributed by atoms with E-state index in [4.69, 9.17) is 16.2 Å². The maximum atomic E-state index is 12.8. The summed E-state index contributed by atoms with van der Waals surface area (Å²) >= 11 is 0. The average Bonchev–Trinajstić information content (AvgIpc) is 2.89. The monoisotopic (exact) mass is 509 g/mol. The van der Waals surface area contributed by atoms with Gasteiger partial charge in [0.25, 0.3) is 0 Å². The Morgan fingerprint density at radius 1 is 1.00 bits per heavy atom. The van der Waals surface area contributed by atoms with Crippen molar-refractivity contribution < 1.29 is 14.3 Å². The number of piperidine rings is 1. The third-order valence-corrected chi connectivity index (χ3v) is 7.00. The summed E-state index contributed by atoms with van der Waals surface area (Å²) in [5.74, 6) is 0.738. The first-order valence-electron chi connectivity index (χ1n) is 12.9. The van der Waals surface area contributed by atoms with Crippen LogP contribution < -0.4 is 21.5 Å². The molecule has 37 heavy (non-hydrogen) atoms. The van der Waals surface area contributed by atoms with Crippen LogP contribution in [0.1, 0.15) is 32.3 Å². The van der Waals surface area contributed by atoms with Crippen LogP contribution in [-0.2, 0) is 11.3 Å². The van der Waals surface area contributed by atoms with Gasteiger partial charge >= 0.3 is 6.03 Å². The molecule has 2 fully saturated rings. The zero-order valence-electron chi connectivity index (χ0n) is 22.1. The molecule has 0 aliphatic carbocycles. The smallest absolute Gasteiger partial charge is 0.323 e. The molecule has 3 heterocycles. The Labute approximate surface area is 218 Å². The SMILES string of the molecule is COc1nc(NC(=O)N2CCN(C(=O)C(C)(C)N)CC2)ccc1-c1ccc(CN2CCC(N)CC2)cc1. The number of aromatic nitrogens is 1. The Kier molecular flexibility index (Phi) is 8.31. The van der Waals surface area contributed by atoms with Crippen molar-refractivity contribution in [2.24, 2.45) is 11.5 Å². The van der Waals surface area contributed by atoms with Gasteiger partial charge in [-0.05, 0) is 63.0 Å². The third-order valence-electron chi connectivity index (χ3n) is 7.00. The summed E-state index contributed by atoms with van der Waals surface area (Å²) in [6, 6.07) is 12.2. The molecular weight excluding hydrogens is 470 g/mol. The Hall–Kier alpha value is -3.21. The molecule has 2 aromatic rings. The van der Waals surface area contributed by atoms with Crippen molar-refractivity contribution in [3.05, 3.63) is 42.0 Å². The molecule has 1 aromatic heterocycles. The minimum Gasteiger partial charge on any atom is -0.480 e. The second kappa shape index (κ2) is 11.5. The van der Waals surface area contributed by atoms with E-state index in [9.17, 15) is 9.59 Å². The van der Waals surface area contributed by atoms with E-state index in [0.717, 1.165) is 43.6 Å². The number of carbonyl (C=O) groups is 2. The number of amides is 3. The molecule has 0 saturated carbocycles. The Morgan fingerprint density at radius 3 is 2.22 bits per heavy atom. The lowest BCUT2D eigenvalue weighted by Crippen LogP contribution is -2.58. The van der Waals surface area contributed by atoms with E-state index in [1.807, 2.05) is 6.07 Å². The Morgan fingerprint density at radius 2 is 1.62 bits per heavy atom. The normalized spacial score (nSPS) is 17.5. The van der Waals surface area contributed by atoms with E-state index in [-0.39, 0.29) is 11.9 Å². The molecule has 5 N–H and O–H groups in total. The zero-order valence-corrected chi connectivity index (χ0v) is 22.1. The minimum absolute atomic E-state index is 0.112. The third kappa shape index (κ3) is 6.76. The summed E-state index contributed by atoms with van der Waals surface area (Å²) in [4.78, 5) is 35.5. The molecule has 0 radical (unpaired) electrons. The maximum absolute atomic E-state index is 12.8. The van der Waals surface area contributed by atoms with Gasteiger partial charge in [0.15, 0.2) is 0 Å². The number of rotatable bonds is 6. The molecule has 2 aliphatic heterocycles. The van der Waals surface area contributed by atoms with E-state index in [1.165, 1.54) is 5.56 Å². The number of anilines is 1. The lowest BCUT2D eigenvalue weighted by atomic mass is 10.0. The number of ether oxygens (including phenoxy) is 1. The van der Waals surface area contributed by atoms with Gasteiger partial charge < -0.3 is 26.0 Å². The second-order valence-corrected chi connectivity index (χ2v) is 10.5. The summed E-state index contributed by atoms with van der Waals surface area (Å²) in [5, 5.41) is 2.85. The van der Waals surface area contributed by atoms with Crippen LogP contribution in [0.15, 0.2) is 36.4 Å². The molecule has 0 unspecified atom stereocenters. The van der Waals surface area contributed by atoms with Crippen molar-refractivity contribution in [2.45, 2.75) is 44.8 Å². The highest BCUT2D eigenvalue weighted by Crippen LogP contribution is 2.30. The van der Waals surface area contributed by atoms with Gasteiger partial charge in [0.1, 0.15) is 5.82 Å². The molecule has 0 bridgehead atoms. The van der Waals surface area contributed by atoms with Crippen molar-refractivity contribution >= 4 is 17.8 Å². The molecule has 0 atom stereocenters. The van der Waals surface area contributed by atoms with Gasteiger partial charge in [-0.1, -0.05) is 24.3 Å². The van der Waals surface area contributed by atoms with Crippen LogP contribution in [0, 0.1) is 0 Å². The van der Waals surface area contributed by atoms with Gasteiger partial charge in [-0.25, -0.2) is 4.79 Å². The molecule has 10 nitrogen and oxygen atoms in total. The number of pyridine rings is 1. The first kappa shape index (κ1) is 26.8. The topological polar surface area (TPSA) is 130 Å². The molecule has 2 aliphatic rings. The number of nitrogens with zero attached hydrogens (tertiary/aromatic N) is 4. The highest BCUT2D eigenvalue weighted by atomic mass is 16.5. The lowest BCUT2D eigenvalue weighted by Gasteiger charge is -2.37. The van der Waals surface area contributed by atoms with Crippen molar-refractivity contribution in [1.29, 1.82) is 0 Å². The largest absolute Gasteiger partial charge is 0.480 e. The van der Waals surface area contributed by atoms with Gasteiger partial charge in [0.05, 0.1) is 12.6 Å². The fraction of sp³-hybridized carbons (Fsp3) is 0.519. The van der Waals surface area contributed by atoms with E-state index >= 15 is 0 Å². The molecule has 0 spiro atoms. The number of likely N-dealkylation sites (tertiary alicyclic amines) is 1. The number of benzene rings is 1. The molecule has 10 heteroatoms. The van der Waals surface area contributed by atoms with Crippen LogP contribution in [0.3, 0.4) is 0 Å². The van der Waals surface area contributed by atoms with Crippen LogP contribution in [0.25, 0.3) is 11.1 Å². The van der Waals surface area contributed by atoms with Gasteiger partial charge in [-0.3, -0.25) is 15.0 Å². The summed E-state index contributed by atoms with van der Waals surface area (Å²) in [7, 11) is 1.57. The van der Waals surface area contributed by atoms with Crippen molar-refractivity contribution in [3.63, 3.8) is 0 Å². The fourth-order valence-corrected chi connectivity index (χ4v) is 4.75. The van der Waals surface area contributed by atoms with Crippen molar-refractivity contribution in [2.75, 3.05) is 51.7 Å². The minimum atomic E-state index is -0.922. The highest BCUT2D eigenvalue weighted by Gasteiger charge is 2.31. The van der Waals surface area contributed by atoms with Gasteiger partial charge in [-0.15, -0.1) is 0 Å². The molecule has 4 rings (SSSR count). The van der Waals surface area contributed by atoms with Crippen LogP contribution in [0.5, 0.6) is 5.88 Å². The van der Waals surface area contributed by atoms with Crippen LogP contribution in [-0.4, -0.2) is 89.6 Å². The molecule has 3 amide bonds. The van der Waals surface area contributed by atoms with Gasteiger partial charge in [0, 0.05) is 44.3 Å². The van der Waals surface area contributed by atoms with Crippen LogP contribution in [0.4, 0.5) is 10.6 Å². The predicted molar refractivity (Wildman–Crippen MR) is 144 cm³/mol. The van der Waals surface area contributed by atoms with E-state index < -0.39 is 5.54 Å². The number of urea groups is 1. The van der Waals surface area contributed by atoms with Crippen LogP contribution >= 0.6 is 0 Å². The Bertz CT molecular complexity index is 1080. The maximum Gasteiger partial charge on any atom is 0.323 e. The number of hydrogen-bond donors (Lipinski definition) is 3. The quantitative estimate of drug-likeness (QED) is 0.544. The van der Waals surface area contributed by atoms with E-state index in [1.54, 1.807) is 36.8 Å². The molecule has 200 valence electrons. The molecule has 1 aromatic carbocycles. The number of nitrogens with one attached hydrogen (secondary N) is 1.